The second kappa shape index (κ2) is 6.67. The van der Waals surface area contributed by atoms with Gasteiger partial charge in [-0.2, -0.15) is 0 Å². The van der Waals surface area contributed by atoms with Crippen LogP contribution in [0.2, 0.25) is 5.15 Å². The molecule has 3 rings (SSSR count). The summed E-state index contributed by atoms with van der Waals surface area (Å²) in [7, 11) is 1.55. The summed E-state index contributed by atoms with van der Waals surface area (Å²) >= 11 is 6.16. The molecule has 0 saturated carbocycles. The Kier molecular flexibility index (Phi) is 4.44. The number of hydrogen-bond acceptors (Lipinski definition) is 4. The van der Waals surface area contributed by atoms with Crippen molar-refractivity contribution in [3.63, 3.8) is 0 Å². The van der Waals surface area contributed by atoms with E-state index in [1.165, 1.54) is 0 Å². The first-order valence-corrected chi connectivity index (χ1v) is 7.40. The lowest BCUT2D eigenvalue weighted by molar-refractivity contribution is 0.0472. The summed E-state index contributed by atoms with van der Waals surface area (Å²) in [5.41, 5.74) is 1.90. The third-order valence-corrected chi connectivity index (χ3v) is 3.74. The monoisotopic (exact) mass is 327 g/mol. The Morgan fingerprint density at radius 1 is 1.13 bits per heavy atom. The van der Waals surface area contributed by atoms with Gasteiger partial charge in [-0.3, -0.25) is 0 Å². The normalized spacial score (nSPS) is 10.5. The summed E-state index contributed by atoms with van der Waals surface area (Å²) in [6.07, 6.45) is 0. The van der Waals surface area contributed by atoms with Crippen LogP contribution in [0.4, 0.5) is 0 Å². The number of carbonyl (C=O) groups excluding carboxylic acids is 1. The molecule has 1 heterocycles. The summed E-state index contributed by atoms with van der Waals surface area (Å²) in [5, 5.41) is 1.28. The van der Waals surface area contributed by atoms with Gasteiger partial charge in [0.05, 0.1) is 18.2 Å². The predicted molar refractivity (Wildman–Crippen MR) is 88.9 cm³/mol. The average Bonchev–Trinajstić information content (AvgIpc) is 2.59. The van der Waals surface area contributed by atoms with E-state index in [9.17, 15) is 4.79 Å². The van der Waals surface area contributed by atoms with Gasteiger partial charge in [-0.1, -0.05) is 35.9 Å². The van der Waals surface area contributed by atoms with Gasteiger partial charge in [0.25, 0.3) is 0 Å². The van der Waals surface area contributed by atoms with Crippen molar-refractivity contribution in [3.8, 4) is 5.75 Å². The molecule has 0 radical (unpaired) electrons. The molecule has 4 nitrogen and oxygen atoms in total. The van der Waals surface area contributed by atoms with Gasteiger partial charge in [0.1, 0.15) is 17.5 Å². The number of methoxy groups -OCH3 is 1. The van der Waals surface area contributed by atoms with Crippen LogP contribution in [0.1, 0.15) is 15.9 Å². The molecule has 0 aliphatic heterocycles. The van der Waals surface area contributed by atoms with Crippen LogP contribution in [0.3, 0.4) is 0 Å². The number of halogens is 1. The number of para-hydroxylation sites is 1. The van der Waals surface area contributed by atoms with Crippen molar-refractivity contribution in [2.75, 3.05) is 7.11 Å². The fourth-order valence-electron chi connectivity index (χ4n) is 2.21. The maximum atomic E-state index is 12.1. The highest BCUT2D eigenvalue weighted by atomic mass is 35.5. The molecule has 5 heteroatoms. The quantitative estimate of drug-likeness (QED) is 0.531. The van der Waals surface area contributed by atoms with E-state index in [0.717, 1.165) is 10.9 Å². The van der Waals surface area contributed by atoms with Crippen LogP contribution < -0.4 is 4.74 Å². The lowest BCUT2D eigenvalue weighted by Crippen LogP contribution is -2.06. The Bertz CT molecular complexity index is 864. The van der Waals surface area contributed by atoms with Crippen molar-refractivity contribution in [2.24, 2.45) is 0 Å². The third-order valence-electron chi connectivity index (χ3n) is 3.41. The first-order chi connectivity index (χ1) is 11.2. The second-order valence-electron chi connectivity index (χ2n) is 4.94. The zero-order valence-corrected chi connectivity index (χ0v) is 13.2. The SMILES string of the molecule is COc1cccc(C(=O)OCc2cc3ccccc3nc2Cl)c1. The number of fused-ring (bicyclic) bond motifs is 1. The van der Waals surface area contributed by atoms with E-state index in [1.807, 2.05) is 30.3 Å². The Labute approximate surface area is 138 Å². The molecular formula is C18H14ClNO3. The summed E-state index contributed by atoms with van der Waals surface area (Å²) in [4.78, 5) is 16.4. The number of ether oxygens (including phenoxy) is 2. The minimum Gasteiger partial charge on any atom is -0.497 e. The molecule has 0 fully saturated rings. The molecule has 0 amide bonds. The Morgan fingerprint density at radius 2 is 1.96 bits per heavy atom. The van der Waals surface area contributed by atoms with E-state index in [0.29, 0.717) is 22.0 Å². The first-order valence-electron chi connectivity index (χ1n) is 7.03. The van der Waals surface area contributed by atoms with Crippen molar-refractivity contribution in [1.82, 2.24) is 4.98 Å². The van der Waals surface area contributed by atoms with Gasteiger partial charge < -0.3 is 9.47 Å². The van der Waals surface area contributed by atoms with Gasteiger partial charge >= 0.3 is 5.97 Å². The van der Waals surface area contributed by atoms with E-state index < -0.39 is 5.97 Å². The molecule has 23 heavy (non-hydrogen) atoms. The number of hydrogen-bond donors (Lipinski definition) is 0. The van der Waals surface area contributed by atoms with Crippen LogP contribution in [0.25, 0.3) is 10.9 Å². The van der Waals surface area contributed by atoms with Gasteiger partial charge in [-0.05, 0) is 30.3 Å². The highest BCUT2D eigenvalue weighted by Crippen LogP contribution is 2.22. The Hall–Kier alpha value is -2.59. The zero-order valence-electron chi connectivity index (χ0n) is 12.5. The number of benzene rings is 2. The van der Waals surface area contributed by atoms with Crippen LogP contribution >= 0.6 is 11.6 Å². The predicted octanol–water partition coefficient (Wildman–Crippen LogP) is 4.25. The van der Waals surface area contributed by atoms with Crippen molar-refractivity contribution in [3.05, 3.63) is 70.9 Å². The van der Waals surface area contributed by atoms with E-state index >= 15 is 0 Å². The standard InChI is InChI=1S/C18H14ClNO3/c1-22-15-7-4-6-13(10-15)18(21)23-11-14-9-12-5-2-3-8-16(12)20-17(14)19/h2-10H,11H2,1H3. The lowest BCUT2D eigenvalue weighted by Gasteiger charge is -2.08. The van der Waals surface area contributed by atoms with Crippen LogP contribution in [0, 0.1) is 0 Å². The smallest absolute Gasteiger partial charge is 0.338 e. The fraction of sp³-hybridized carbons (Fsp3) is 0.111. The average molecular weight is 328 g/mol. The number of nitrogens with zero attached hydrogens (tertiary/aromatic N) is 1. The molecule has 0 bridgehead atoms. The van der Waals surface area contributed by atoms with E-state index in [1.54, 1.807) is 31.4 Å². The molecule has 116 valence electrons. The highest BCUT2D eigenvalue weighted by Gasteiger charge is 2.11. The fourth-order valence-corrected chi connectivity index (χ4v) is 2.41. The molecule has 0 atom stereocenters. The topological polar surface area (TPSA) is 48.4 Å². The van der Waals surface area contributed by atoms with Crippen LogP contribution in [-0.4, -0.2) is 18.1 Å². The van der Waals surface area contributed by atoms with Crippen molar-refractivity contribution in [1.29, 1.82) is 0 Å². The zero-order chi connectivity index (χ0) is 16.2. The summed E-state index contributed by atoms with van der Waals surface area (Å²) in [5.74, 6) is 0.165. The van der Waals surface area contributed by atoms with Gasteiger partial charge in [0.15, 0.2) is 0 Å². The van der Waals surface area contributed by atoms with E-state index in [-0.39, 0.29) is 6.61 Å². The molecule has 0 saturated heterocycles. The van der Waals surface area contributed by atoms with Gasteiger partial charge in [-0.25, -0.2) is 9.78 Å². The molecule has 2 aromatic carbocycles. The highest BCUT2D eigenvalue weighted by molar-refractivity contribution is 6.30. The molecule has 0 aliphatic carbocycles. The van der Waals surface area contributed by atoms with Crippen LogP contribution in [0.5, 0.6) is 5.75 Å². The second-order valence-corrected chi connectivity index (χ2v) is 5.30. The minimum absolute atomic E-state index is 0.0622. The lowest BCUT2D eigenvalue weighted by atomic mass is 10.1. The number of carbonyl (C=O) groups is 1. The Balaban J connectivity index is 1.77. The van der Waals surface area contributed by atoms with Gasteiger partial charge in [0.2, 0.25) is 0 Å². The third kappa shape index (κ3) is 3.43. The van der Waals surface area contributed by atoms with E-state index in [4.69, 9.17) is 21.1 Å². The number of rotatable bonds is 4. The molecule has 0 spiro atoms. The number of pyridine rings is 1. The largest absolute Gasteiger partial charge is 0.497 e. The molecule has 3 aromatic rings. The summed E-state index contributed by atoms with van der Waals surface area (Å²) in [6.45, 7) is 0.0622. The maximum Gasteiger partial charge on any atom is 0.338 e. The molecule has 0 N–H and O–H groups in total. The number of aromatic nitrogens is 1. The molecule has 0 unspecified atom stereocenters. The molecule has 0 aliphatic rings. The first kappa shape index (κ1) is 15.3. The van der Waals surface area contributed by atoms with Gasteiger partial charge in [0, 0.05) is 10.9 Å². The van der Waals surface area contributed by atoms with Crippen molar-refractivity contribution >= 4 is 28.5 Å². The number of esters is 1. The van der Waals surface area contributed by atoms with Crippen LogP contribution in [-0.2, 0) is 11.3 Å². The van der Waals surface area contributed by atoms with Crippen molar-refractivity contribution < 1.29 is 14.3 Å². The minimum atomic E-state index is -0.437. The Morgan fingerprint density at radius 3 is 2.78 bits per heavy atom. The van der Waals surface area contributed by atoms with Gasteiger partial charge in [-0.15, -0.1) is 0 Å². The molecular weight excluding hydrogens is 314 g/mol. The maximum absolute atomic E-state index is 12.1. The van der Waals surface area contributed by atoms with Crippen molar-refractivity contribution in [2.45, 2.75) is 6.61 Å². The molecule has 1 aromatic heterocycles. The van der Waals surface area contributed by atoms with E-state index in [2.05, 4.69) is 4.98 Å². The summed E-state index contributed by atoms with van der Waals surface area (Å²) < 4.78 is 10.4. The summed E-state index contributed by atoms with van der Waals surface area (Å²) in [6, 6.07) is 16.3. The van der Waals surface area contributed by atoms with Crippen LogP contribution in [0.15, 0.2) is 54.6 Å².